The molecular formula is C14H20ClNO3S. The molecule has 0 amide bonds. The van der Waals surface area contributed by atoms with E-state index in [1.165, 1.54) is 6.07 Å². The van der Waals surface area contributed by atoms with Crippen LogP contribution in [0.25, 0.3) is 0 Å². The van der Waals surface area contributed by atoms with Gasteiger partial charge in [0.1, 0.15) is 0 Å². The summed E-state index contributed by atoms with van der Waals surface area (Å²) in [5.41, 5.74) is -0.0861. The molecule has 0 radical (unpaired) electrons. The normalized spacial score (nSPS) is 18.9. The Morgan fingerprint density at radius 2 is 1.95 bits per heavy atom. The molecule has 1 aromatic carbocycles. The van der Waals surface area contributed by atoms with E-state index < -0.39 is 15.6 Å². The first-order chi connectivity index (χ1) is 9.38. The van der Waals surface area contributed by atoms with Crippen molar-refractivity contribution in [2.75, 3.05) is 6.61 Å². The Hall–Kier alpha value is -0.620. The lowest BCUT2D eigenvalue weighted by Crippen LogP contribution is -2.52. The third kappa shape index (κ3) is 3.34. The van der Waals surface area contributed by atoms with Crippen LogP contribution >= 0.6 is 11.6 Å². The van der Waals surface area contributed by atoms with Crippen molar-refractivity contribution in [2.45, 2.75) is 49.5 Å². The van der Waals surface area contributed by atoms with E-state index in [2.05, 4.69) is 4.72 Å². The number of rotatable bonds is 4. The third-order valence-corrected chi connectivity index (χ3v) is 5.86. The molecule has 0 unspecified atom stereocenters. The number of hydrogen-bond acceptors (Lipinski definition) is 3. The van der Waals surface area contributed by atoms with Crippen LogP contribution in [-0.4, -0.2) is 25.7 Å². The molecule has 6 heteroatoms. The van der Waals surface area contributed by atoms with Crippen molar-refractivity contribution in [3.63, 3.8) is 0 Å². The van der Waals surface area contributed by atoms with Crippen molar-refractivity contribution in [3.8, 4) is 0 Å². The molecule has 0 spiro atoms. The van der Waals surface area contributed by atoms with E-state index in [9.17, 15) is 13.5 Å². The molecule has 0 heterocycles. The second kappa shape index (κ2) is 6.02. The van der Waals surface area contributed by atoms with Gasteiger partial charge in [-0.2, -0.15) is 0 Å². The molecule has 2 rings (SSSR count). The van der Waals surface area contributed by atoms with E-state index in [4.69, 9.17) is 11.6 Å². The second-order valence-electron chi connectivity index (χ2n) is 5.51. The maximum absolute atomic E-state index is 12.6. The van der Waals surface area contributed by atoms with E-state index in [1.807, 2.05) is 0 Å². The van der Waals surface area contributed by atoms with Gasteiger partial charge < -0.3 is 5.11 Å². The molecule has 0 aromatic heterocycles. The van der Waals surface area contributed by atoms with E-state index >= 15 is 0 Å². The maximum atomic E-state index is 12.6. The van der Waals surface area contributed by atoms with E-state index in [0.717, 1.165) is 19.3 Å². The van der Waals surface area contributed by atoms with E-state index in [1.54, 1.807) is 19.1 Å². The van der Waals surface area contributed by atoms with Crippen LogP contribution in [0.5, 0.6) is 0 Å². The first kappa shape index (κ1) is 15.8. The summed E-state index contributed by atoms with van der Waals surface area (Å²) in [6.07, 6.45) is 4.28. The van der Waals surface area contributed by atoms with Crippen LogP contribution in [0.1, 0.15) is 37.7 Å². The van der Waals surface area contributed by atoms with Crippen molar-refractivity contribution in [1.82, 2.24) is 4.72 Å². The number of hydrogen-bond donors (Lipinski definition) is 2. The van der Waals surface area contributed by atoms with Crippen LogP contribution in [0.2, 0.25) is 5.02 Å². The molecule has 1 saturated carbocycles. The Morgan fingerprint density at radius 3 is 2.55 bits per heavy atom. The van der Waals surface area contributed by atoms with Crippen molar-refractivity contribution in [1.29, 1.82) is 0 Å². The zero-order chi connectivity index (χ0) is 14.8. The van der Waals surface area contributed by atoms with Gasteiger partial charge in [-0.25, -0.2) is 13.1 Å². The van der Waals surface area contributed by atoms with Crippen molar-refractivity contribution in [2.24, 2.45) is 0 Å². The summed E-state index contributed by atoms with van der Waals surface area (Å²) in [4.78, 5) is 0.184. The van der Waals surface area contributed by atoms with Crippen LogP contribution in [0.15, 0.2) is 23.1 Å². The van der Waals surface area contributed by atoms with E-state index in [0.29, 0.717) is 23.4 Å². The molecule has 0 aliphatic heterocycles. The number of halogens is 1. The number of aliphatic hydroxyl groups excluding tert-OH is 1. The van der Waals surface area contributed by atoms with Gasteiger partial charge in [-0.3, -0.25) is 0 Å². The molecule has 0 saturated heterocycles. The van der Waals surface area contributed by atoms with Crippen LogP contribution in [0, 0.1) is 6.92 Å². The molecule has 0 bridgehead atoms. The van der Waals surface area contributed by atoms with Crippen LogP contribution in [-0.2, 0) is 10.0 Å². The minimum atomic E-state index is -3.68. The largest absolute Gasteiger partial charge is 0.394 e. The lowest BCUT2D eigenvalue weighted by molar-refractivity contribution is 0.142. The molecule has 112 valence electrons. The Bertz CT molecular complexity index is 580. The first-order valence-electron chi connectivity index (χ1n) is 6.80. The molecule has 20 heavy (non-hydrogen) atoms. The molecule has 0 atom stereocenters. The van der Waals surface area contributed by atoms with Crippen molar-refractivity contribution in [3.05, 3.63) is 28.8 Å². The number of benzene rings is 1. The number of nitrogens with one attached hydrogen (secondary N) is 1. The minimum Gasteiger partial charge on any atom is -0.394 e. The fourth-order valence-corrected chi connectivity index (χ4v) is 4.68. The molecule has 1 aliphatic carbocycles. The van der Waals surface area contributed by atoms with Gasteiger partial charge in [0.15, 0.2) is 0 Å². The third-order valence-electron chi connectivity index (χ3n) is 3.90. The Balaban J connectivity index is 2.32. The Kier molecular flexibility index (Phi) is 4.74. The first-order valence-corrected chi connectivity index (χ1v) is 8.66. The number of aryl methyl sites for hydroxylation is 1. The molecular weight excluding hydrogens is 298 g/mol. The molecule has 1 fully saturated rings. The van der Waals surface area contributed by atoms with Crippen molar-refractivity contribution >= 4 is 21.6 Å². The summed E-state index contributed by atoms with van der Waals surface area (Å²) in [5, 5.41) is 10.0. The summed E-state index contributed by atoms with van der Waals surface area (Å²) < 4.78 is 27.8. The highest BCUT2D eigenvalue weighted by molar-refractivity contribution is 7.89. The molecule has 1 aliphatic rings. The predicted octanol–water partition coefficient (Wildman–Crippen LogP) is 2.62. The summed E-state index contributed by atoms with van der Waals surface area (Å²) in [6, 6.07) is 4.80. The van der Waals surface area contributed by atoms with Crippen LogP contribution in [0.3, 0.4) is 0 Å². The molecule has 4 nitrogen and oxygen atoms in total. The summed E-state index contributed by atoms with van der Waals surface area (Å²) in [5.74, 6) is 0. The van der Waals surface area contributed by atoms with Crippen LogP contribution in [0.4, 0.5) is 0 Å². The fourth-order valence-electron chi connectivity index (χ4n) is 2.72. The lowest BCUT2D eigenvalue weighted by Gasteiger charge is -2.36. The highest BCUT2D eigenvalue weighted by atomic mass is 35.5. The van der Waals surface area contributed by atoms with Gasteiger partial charge >= 0.3 is 0 Å². The molecule has 1 aromatic rings. The van der Waals surface area contributed by atoms with Crippen molar-refractivity contribution < 1.29 is 13.5 Å². The Morgan fingerprint density at radius 1 is 1.30 bits per heavy atom. The highest BCUT2D eigenvalue weighted by Gasteiger charge is 2.36. The summed E-state index contributed by atoms with van der Waals surface area (Å²) >= 11 is 5.89. The second-order valence-corrected chi connectivity index (χ2v) is 7.60. The highest BCUT2D eigenvalue weighted by Crippen LogP contribution is 2.30. The fraction of sp³-hybridized carbons (Fsp3) is 0.571. The van der Waals surface area contributed by atoms with Gasteiger partial charge in [0, 0.05) is 5.02 Å². The average Bonchev–Trinajstić information content (AvgIpc) is 2.42. The van der Waals surface area contributed by atoms with E-state index in [-0.39, 0.29) is 11.5 Å². The Labute approximate surface area is 125 Å². The predicted molar refractivity (Wildman–Crippen MR) is 79.4 cm³/mol. The molecule has 2 N–H and O–H groups in total. The average molecular weight is 318 g/mol. The van der Waals surface area contributed by atoms with Gasteiger partial charge in [-0.15, -0.1) is 0 Å². The van der Waals surface area contributed by atoms with Gasteiger partial charge in [-0.1, -0.05) is 36.9 Å². The van der Waals surface area contributed by atoms with Gasteiger partial charge in [0.2, 0.25) is 10.0 Å². The van der Waals surface area contributed by atoms with Gasteiger partial charge in [0.05, 0.1) is 17.0 Å². The summed E-state index contributed by atoms with van der Waals surface area (Å²) in [6.45, 7) is 1.56. The number of sulfonamides is 1. The number of aliphatic hydroxyl groups is 1. The lowest BCUT2D eigenvalue weighted by atomic mass is 9.83. The topological polar surface area (TPSA) is 66.4 Å². The standard InChI is InChI=1S/C14H20ClNO3S/c1-11-5-6-12(15)9-13(11)20(18,19)16-14(10-17)7-3-2-4-8-14/h5-6,9,16-17H,2-4,7-8,10H2,1H3. The van der Waals surface area contributed by atoms with Gasteiger partial charge in [0.25, 0.3) is 0 Å². The monoisotopic (exact) mass is 317 g/mol. The SMILES string of the molecule is Cc1ccc(Cl)cc1S(=O)(=O)NC1(CO)CCCCC1. The quantitative estimate of drug-likeness (QED) is 0.897. The zero-order valence-electron chi connectivity index (χ0n) is 11.5. The maximum Gasteiger partial charge on any atom is 0.241 e. The van der Waals surface area contributed by atoms with Gasteiger partial charge in [-0.05, 0) is 37.5 Å². The van der Waals surface area contributed by atoms with Crippen LogP contribution < -0.4 is 4.72 Å². The smallest absolute Gasteiger partial charge is 0.241 e. The summed E-state index contributed by atoms with van der Waals surface area (Å²) in [7, 11) is -3.68. The zero-order valence-corrected chi connectivity index (χ0v) is 13.1. The minimum absolute atomic E-state index is 0.175.